The average molecular weight is 448 g/mol. The molecule has 9 nitrogen and oxygen atoms in total. The summed E-state index contributed by atoms with van der Waals surface area (Å²) < 4.78 is 32.7. The number of carbonyl (C=O) groups is 2. The number of amides is 2. The van der Waals surface area contributed by atoms with Crippen molar-refractivity contribution in [2.75, 3.05) is 19.6 Å². The number of hydrogen-bond donors (Lipinski definition) is 2. The molecule has 0 radical (unpaired) electrons. The Morgan fingerprint density at radius 3 is 2.16 bits per heavy atom. The third-order valence-corrected chi connectivity index (χ3v) is 6.92. The number of ether oxygens (including phenoxy) is 1. The van der Waals surface area contributed by atoms with E-state index in [4.69, 9.17) is 10.5 Å². The number of sulfonamides is 1. The van der Waals surface area contributed by atoms with Crippen LogP contribution in [0.5, 0.6) is 11.5 Å². The lowest BCUT2D eigenvalue weighted by Gasteiger charge is -2.44. The Balaban J connectivity index is 1.86. The maximum Gasteiger partial charge on any atom is 0.267 e. The minimum atomic E-state index is -4.28. The Morgan fingerprint density at radius 2 is 1.61 bits per heavy atom. The zero-order chi connectivity index (χ0) is 22.8. The Labute approximate surface area is 181 Å². The summed E-state index contributed by atoms with van der Waals surface area (Å²) in [5, 5.41) is 10.9. The van der Waals surface area contributed by atoms with Crippen molar-refractivity contribution in [3.8, 4) is 11.5 Å². The molecule has 0 spiro atoms. The van der Waals surface area contributed by atoms with E-state index >= 15 is 0 Å². The fraction of sp³-hybridized carbons (Fsp3) is 0.333. The zero-order valence-corrected chi connectivity index (χ0v) is 18.1. The molecule has 3 rings (SSSR count). The van der Waals surface area contributed by atoms with E-state index in [2.05, 4.69) is 0 Å². The van der Waals surface area contributed by atoms with E-state index in [0.29, 0.717) is 15.8 Å². The summed E-state index contributed by atoms with van der Waals surface area (Å²) in [5.41, 5.74) is 2.81. The first-order chi connectivity index (χ1) is 14.6. The van der Waals surface area contributed by atoms with Crippen LogP contribution < -0.4 is 10.5 Å². The zero-order valence-electron chi connectivity index (χ0n) is 17.3. The third kappa shape index (κ3) is 4.55. The lowest BCUT2D eigenvalue weighted by Crippen LogP contribution is -2.70. The van der Waals surface area contributed by atoms with Gasteiger partial charge in [0.25, 0.3) is 5.91 Å². The molecule has 1 unspecified atom stereocenters. The van der Waals surface area contributed by atoms with Crippen molar-refractivity contribution in [1.29, 1.82) is 0 Å². The topological polar surface area (TPSA) is 130 Å². The molecule has 0 aromatic heterocycles. The van der Waals surface area contributed by atoms with Crippen LogP contribution in [0.2, 0.25) is 0 Å². The van der Waals surface area contributed by atoms with Gasteiger partial charge in [0.2, 0.25) is 21.7 Å². The number of piperazine rings is 1. The number of hydrogen-bond acceptors (Lipinski definition) is 6. The second kappa shape index (κ2) is 8.66. The van der Waals surface area contributed by atoms with E-state index in [1.165, 1.54) is 29.2 Å². The molecule has 10 heteroatoms. The van der Waals surface area contributed by atoms with E-state index in [0.717, 1.165) is 0 Å². The van der Waals surface area contributed by atoms with Gasteiger partial charge in [-0.3, -0.25) is 9.59 Å². The van der Waals surface area contributed by atoms with Gasteiger partial charge in [-0.2, -0.15) is 4.31 Å². The van der Waals surface area contributed by atoms with Crippen molar-refractivity contribution in [2.45, 2.75) is 24.5 Å². The van der Waals surface area contributed by atoms with E-state index < -0.39 is 28.2 Å². The summed E-state index contributed by atoms with van der Waals surface area (Å²) in [6, 6.07) is 14.6. The first-order valence-electron chi connectivity index (χ1n) is 9.72. The molecule has 0 bridgehead atoms. The second-order valence-corrected chi connectivity index (χ2v) is 9.42. The van der Waals surface area contributed by atoms with Gasteiger partial charge in [-0.15, -0.1) is 0 Å². The largest absolute Gasteiger partial charge is 0.457 e. The van der Waals surface area contributed by atoms with Crippen LogP contribution in [0.15, 0.2) is 59.5 Å². The van der Waals surface area contributed by atoms with E-state index in [1.807, 2.05) is 18.2 Å². The SMILES string of the molecule is CC(C)C(=O)N1CCN(S(=O)(=O)c2ccc(Oc3ccccc3)cc2)C(O)(C(N)=O)C1. The number of carbonyl (C=O) groups excluding carboxylic acids is 2. The first-order valence-corrected chi connectivity index (χ1v) is 11.2. The Morgan fingerprint density at radius 1 is 1.03 bits per heavy atom. The molecule has 1 saturated heterocycles. The van der Waals surface area contributed by atoms with E-state index in [9.17, 15) is 23.1 Å². The Kier molecular flexibility index (Phi) is 6.35. The van der Waals surface area contributed by atoms with Crippen LogP contribution >= 0.6 is 0 Å². The summed E-state index contributed by atoms with van der Waals surface area (Å²) in [7, 11) is -4.28. The highest BCUT2D eigenvalue weighted by molar-refractivity contribution is 7.89. The number of nitrogens with two attached hydrogens (primary N) is 1. The van der Waals surface area contributed by atoms with Crippen LogP contribution in [-0.2, 0) is 19.6 Å². The van der Waals surface area contributed by atoms with Crippen LogP contribution in [-0.4, -0.2) is 59.9 Å². The highest BCUT2D eigenvalue weighted by atomic mass is 32.2. The maximum absolute atomic E-state index is 13.2. The number of aliphatic hydroxyl groups is 1. The minimum absolute atomic E-state index is 0.0288. The monoisotopic (exact) mass is 447 g/mol. The van der Waals surface area contributed by atoms with Gasteiger partial charge < -0.3 is 20.5 Å². The molecule has 2 amide bonds. The second-order valence-electron chi connectivity index (χ2n) is 7.56. The van der Waals surface area contributed by atoms with Crippen LogP contribution in [0, 0.1) is 5.92 Å². The predicted octanol–water partition coefficient (Wildman–Crippen LogP) is 1.14. The van der Waals surface area contributed by atoms with Crippen molar-refractivity contribution in [1.82, 2.24) is 9.21 Å². The van der Waals surface area contributed by atoms with Gasteiger partial charge in [0.15, 0.2) is 0 Å². The van der Waals surface area contributed by atoms with Gasteiger partial charge in [-0.1, -0.05) is 32.0 Å². The predicted molar refractivity (Wildman–Crippen MR) is 112 cm³/mol. The molecule has 1 aliphatic rings. The molecule has 1 heterocycles. The molecule has 0 saturated carbocycles. The normalized spacial score (nSPS) is 19.9. The molecule has 0 aliphatic carbocycles. The van der Waals surface area contributed by atoms with Gasteiger partial charge >= 0.3 is 0 Å². The molecule has 31 heavy (non-hydrogen) atoms. The molecule has 1 atom stereocenters. The maximum atomic E-state index is 13.2. The summed E-state index contributed by atoms with van der Waals surface area (Å²) in [5.74, 6) is -0.923. The number of rotatable bonds is 6. The minimum Gasteiger partial charge on any atom is -0.457 e. The summed E-state index contributed by atoms with van der Waals surface area (Å²) in [6.45, 7) is 2.57. The summed E-state index contributed by atoms with van der Waals surface area (Å²) in [4.78, 5) is 25.5. The van der Waals surface area contributed by atoms with Crippen LogP contribution in [0.4, 0.5) is 0 Å². The van der Waals surface area contributed by atoms with E-state index in [-0.39, 0.29) is 29.8 Å². The van der Waals surface area contributed by atoms with Gasteiger partial charge in [0.05, 0.1) is 11.4 Å². The summed E-state index contributed by atoms with van der Waals surface area (Å²) in [6.07, 6.45) is 0. The van der Waals surface area contributed by atoms with Crippen molar-refractivity contribution in [2.24, 2.45) is 11.7 Å². The highest BCUT2D eigenvalue weighted by Crippen LogP contribution is 2.30. The van der Waals surface area contributed by atoms with Crippen LogP contribution in [0.3, 0.4) is 0 Å². The van der Waals surface area contributed by atoms with Crippen molar-refractivity contribution >= 4 is 21.8 Å². The molecule has 1 aliphatic heterocycles. The first kappa shape index (κ1) is 22.7. The molecular weight excluding hydrogens is 422 g/mol. The highest BCUT2D eigenvalue weighted by Gasteiger charge is 2.52. The Hall–Kier alpha value is -2.95. The molecule has 2 aromatic carbocycles. The van der Waals surface area contributed by atoms with Gasteiger partial charge in [-0.05, 0) is 36.4 Å². The molecule has 1 fully saturated rings. The molecule has 3 N–H and O–H groups in total. The standard InChI is InChI=1S/C21H25N3O6S/c1-15(2)19(25)23-12-13-24(21(27,14-23)20(22)26)31(28,29)18-10-8-17(9-11-18)30-16-6-4-3-5-7-16/h3-11,15,27H,12-14H2,1-2H3,(H2,22,26). The average Bonchev–Trinajstić information content (AvgIpc) is 2.74. The lowest BCUT2D eigenvalue weighted by atomic mass is 10.1. The number of nitrogens with zero attached hydrogens (tertiary/aromatic N) is 2. The smallest absolute Gasteiger partial charge is 0.267 e. The fourth-order valence-corrected chi connectivity index (χ4v) is 4.93. The third-order valence-electron chi connectivity index (χ3n) is 4.99. The molecule has 166 valence electrons. The van der Waals surface area contributed by atoms with E-state index in [1.54, 1.807) is 26.0 Å². The van der Waals surface area contributed by atoms with Crippen LogP contribution in [0.1, 0.15) is 13.8 Å². The van der Waals surface area contributed by atoms with Gasteiger partial charge in [0, 0.05) is 19.0 Å². The number of para-hydroxylation sites is 1. The fourth-order valence-electron chi connectivity index (χ4n) is 3.33. The number of β-amino-alcohol motifs (C(OH)–C–C–N with tert-alkyl or cyclic N) is 1. The van der Waals surface area contributed by atoms with Crippen molar-refractivity contribution in [3.63, 3.8) is 0 Å². The number of benzene rings is 2. The lowest BCUT2D eigenvalue weighted by molar-refractivity contribution is -0.166. The van der Waals surface area contributed by atoms with Gasteiger partial charge in [-0.25, -0.2) is 8.42 Å². The quantitative estimate of drug-likeness (QED) is 0.683. The molecule has 2 aromatic rings. The summed E-state index contributed by atoms with van der Waals surface area (Å²) >= 11 is 0. The van der Waals surface area contributed by atoms with Crippen molar-refractivity contribution in [3.05, 3.63) is 54.6 Å². The number of primary amides is 1. The van der Waals surface area contributed by atoms with Gasteiger partial charge in [0.1, 0.15) is 11.5 Å². The molecular formula is C21H25N3O6S. The van der Waals surface area contributed by atoms with Crippen LogP contribution in [0.25, 0.3) is 0 Å². The Bertz CT molecular complexity index is 1060. The van der Waals surface area contributed by atoms with Crippen molar-refractivity contribution < 1.29 is 27.9 Å².